The van der Waals surface area contributed by atoms with E-state index in [0.717, 1.165) is 0 Å². The molecule has 0 radical (unpaired) electrons. The van der Waals surface area contributed by atoms with Gasteiger partial charge in [0, 0.05) is 6.42 Å². The second-order valence-electron chi connectivity index (χ2n) is 2.94. The van der Waals surface area contributed by atoms with E-state index >= 15 is 0 Å². The average molecular weight is 170 g/mol. The zero-order chi connectivity index (χ0) is 9.61. The van der Waals surface area contributed by atoms with Crippen LogP contribution >= 0.6 is 0 Å². The number of hydrogen-bond donors (Lipinski definition) is 2. The quantitative estimate of drug-likeness (QED) is 0.638. The Morgan fingerprint density at radius 2 is 2.33 bits per heavy atom. The molecule has 0 rings (SSSR count). The number of carboxylic acids is 1. The van der Waals surface area contributed by atoms with Gasteiger partial charge in [0.25, 0.3) is 0 Å². The van der Waals surface area contributed by atoms with E-state index in [1.807, 2.05) is 0 Å². The minimum atomic E-state index is -0.814. The normalized spacial score (nSPS) is 14.8. The first-order valence-corrected chi connectivity index (χ1v) is 3.86. The van der Waals surface area contributed by atoms with E-state index in [0.29, 0.717) is 12.8 Å². The standard InChI is InChI=1S/C8H14N2O2/c1-8(6-9,10-2)5-3-4-7(11)12/h10H,3-5H2,1-2H3,(H,11,12). The number of nitrogens with zero attached hydrogens (tertiary/aromatic N) is 1. The van der Waals surface area contributed by atoms with Crippen LogP contribution in [0.15, 0.2) is 0 Å². The molecule has 0 fully saturated rings. The average Bonchev–Trinajstić information content (AvgIpc) is 2.03. The first kappa shape index (κ1) is 10.9. The van der Waals surface area contributed by atoms with E-state index in [1.165, 1.54) is 0 Å². The van der Waals surface area contributed by atoms with Crippen LogP contribution in [0.3, 0.4) is 0 Å². The molecule has 68 valence electrons. The monoisotopic (exact) mass is 170 g/mol. The Hall–Kier alpha value is -1.08. The lowest BCUT2D eigenvalue weighted by Crippen LogP contribution is -2.37. The van der Waals surface area contributed by atoms with Gasteiger partial charge in [-0.15, -0.1) is 0 Å². The third kappa shape index (κ3) is 3.94. The summed E-state index contributed by atoms with van der Waals surface area (Å²) < 4.78 is 0. The molecule has 0 aromatic heterocycles. The van der Waals surface area contributed by atoms with Crippen molar-refractivity contribution in [3.8, 4) is 6.07 Å². The van der Waals surface area contributed by atoms with Gasteiger partial charge in [-0.2, -0.15) is 5.26 Å². The summed E-state index contributed by atoms with van der Waals surface area (Å²) in [6.45, 7) is 1.76. The van der Waals surface area contributed by atoms with Crippen molar-refractivity contribution < 1.29 is 9.90 Å². The lowest BCUT2D eigenvalue weighted by Gasteiger charge is -2.19. The van der Waals surface area contributed by atoms with Crippen LogP contribution in [0.5, 0.6) is 0 Å². The third-order valence-electron chi connectivity index (χ3n) is 1.87. The van der Waals surface area contributed by atoms with Crippen LogP contribution in [-0.4, -0.2) is 23.7 Å². The molecule has 0 aliphatic rings. The highest BCUT2D eigenvalue weighted by Gasteiger charge is 2.20. The first-order valence-electron chi connectivity index (χ1n) is 3.86. The van der Waals surface area contributed by atoms with E-state index in [4.69, 9.17) is 10.4 Å². The summed E-state index contributed by atoms with van der Waals surface area (Å²) in [7, 11) is 1.70. The number of nitriles is 1. The molecule has 0 aliphatic carbocycles. The van der Waals surface area contributed by atoms with Gasteiger partial charge in [-0.1, -0.05) is 0 Å². The van der Waals surface area contributed by atoms with Crippen LogP contribution in [-0.2, 0) is 4.79 Å². The smallest absolute Gasteiger partial charge is 0.303 e. The molecule has 0 heterocycles. The maximum absolute atomic E-state index is 10.2. The molecule has 12 heavy (non-hydrogen) atoms. The second kappa shape index (κ2) is 4.73. The van der Waals surface area contributed by atoms with Crippen molar-refractivity contribution >= 4 is 5.97 Å². The summed E-state index contributed by atoms with van der Waals surface area (Å²) in [5.41, 5.74) is -0.588. The van der Waals surface area contributed by atoms with Crippen molar-refractivity contribution in [3.63, 3.8) is 0 Å². The molecule has 0 aliphatic heterocycles. The Bertz CT molecular complexity index is 198. The predicted molar refractivity (Wildman–Crippen MR) is 44.6 cm³/mol. The number of nitrogens with one attached hydrogen (secondary N) is 1. The molecule has 0 bridgehead atoms. The summed E-state index contributed by atoms with van der Waals surface area (Å²) in [5.74, 6) is -0.814. The molecule has 0 saturated heterocycles. The Morgan fingerprint density at radius 1 is 1.75 bits per heavy atom. The lowest BCUT2D eigenvalue weighted by atomic mass is 9.97. The topological polar surface area (TPSA) is 73.1 Å². The Kier molecular flexibility index (Phi) is 4.30. The minimum Gasteiger partial charge on any atom is -0.481 e. The van der Waals surface area contributed by atoms with Crippen LogP contribution < -0.4 is 5.32 Å². The van der Waals surface area contributed by atoms with Crippen molar-refractivity contribution in [2.45, 2.75) is 31.7 Å². The van der Waals surface area contributed by atoms with Crippen LogP contribution in [0.1, 0.15) is 26.2 Å². The molecule has 4 nitrogen and oxygen atoms in total. The fourth-order valence-electron chi connectivity index (χ4n) is 0.830. The Balaban J connectivity index is 3.76. The van der Waals surface area contributed by atoms with Gasteiger partial charge in [-0.05, 0) is 26.8 Å². The molecular formula is C8H14N2O2. The van der Waals surface area contributed by atoms with Crippen molar-refractivity contribution in [1.29, 1.82) is 5.26 Å². The third-order valence-corrected chi connectivity index (χ3v) is 1.87. The SMILES string of the molecule is CNC(C)(C#N)CCCC(=O)O. The summed E-state index contributed by atoms with van der Waals surface area (Å²) in [4.78, 5) is 10.2. The van der Waals surface area contributed by atoms with Gasteiger partial charge in [0.2, 0.25) is 0 Å². The molecule has 0 saturated carbocycles. The molecule has 0 aromatic carbocycles. The van der Waals surface area contributed by atoms with Crippen LogP contribution in [0.4, 0.5) is 0 Å². The highest BCUT2D eigenvalue weighted by molar-refractivity contribution is 5.66. The van der Waals surface area contributed by atoms with Gasteiger partial charge in [0.05, 0.1) is 6.07 Å². The summed E-state index contributed by atoms with van der Waals surface area (Å²) in [5, 5.41) is 19.9. The molecule has 4 heteroatoms. The van der Waals surface area contributed by atoms with E-state index in [-0.39, 0.29) is 6.42 Å². The van der Waals surface area contributed by atoms with E-state index < -0.39 is 11.5 Å². The lowest BCUT2D eigenvalue weighted by molar-refractivity contribution is -0.137. The van der Waals surface area contributed by atoms with Gasteiger partial charge < -0.3 is 10.4 Å². The fraction of sp³-hybridized carbons (Fsp3) is 0.750. The number of hydrogen-bond acceptors (Lipinski definition) is 3. The highest BCUT2D eigenvalue weighted by atomic mass is 16.4. The van der Waals surface area contributed by atoms with E-state index in [2.05, 4.69) is 11.4 Å². The van der Waals surface area contributed by atoms with Crippen LogP contribution in [0, 0.1) is 11.3 Å². The van der Waals surface area contributed by atoms with Crippen molar-refractivity contribution in [2.75, 3.05) is 7.05 Å². The zero-order valence-corrected chi connectivity index (χ0v) is 7.42. The van der Waals surface area contributed by atoms with Crippen molar-refractivity contribution in [3.05, 3.63) is 0 Å². The number of aliphatic carboxylic acids is 1. The number of rotatable bonds is 5. The Morgan fingerprint density at radius 3 is 2.67 bits per heavy atom. The van der Waals surface area contributed by atoms with Gasteiger partial charge in [-0.25, -0.2) is 0 Å². The maximum Gasteiger partial charge on any atom is 0.303 e. The van der Waals surface area contributed by atoms with E-state index in [9.17, 15) is 4.79 Å². The molecule has 0 aromatic rings. The molecule has 1 atom stereocenters. The fourth-order valence-corrected chi connectivity index (χ4v) is 0.830. The van der Waals surface area contributed by atoms with Gasteiger partial charge in [-0.3, -0.25) is 4.79 Å². The molecule has 0 amide bonds. The van der Waals surface area contributed by atoms with Gasteiger partial charge in [0.1, 0.15) is 5.54 Å². The molecule has 0 spiro atoms. The first-order chi connectivity index (χ1) is 5.54. The number of carboxylic acid groups (broad SMARTS) is 1. The van der Waals surface area contributed by atoms with Crippen LogP contribution in [0.2, 0.25) is 0 Å². The largest absolute Gasteiger partial charge is 0.481 e. The van der Waals surface area contributed by atoms with E-state index in [1.54, 1.807) is 14.0 Å². The maximum atomic E-state index is 10.2. The Labute approximate surface area is 72.2 Å². The van der Waals surface area contributed by atoms with Crippen molar-refractivity contribution in [1.82, 2.24) is 5.32 Å². The minimum absolute atomic E-state index is 0.124. The highest BCUT2D eigenvalue weighted by Crippen LogP contribution is 2.11. The summed E-state index contributed by atoms with van der Waals surface area (Å²) in [6, 6.07) is 2.10. The number of carbonyl (C=O) groups is 1. The second-order valence-corrected chi connectivity index (χ2v) is 2.94. The zero-order valence-electron chi connectivity index (χ0n) is 7.42. The molecular weight excluding hydrogens is 156 g/mol. The summed E-state index contributed by atoms with van der Waals surface area (Å²) >= 11 is 0. The molecule has 2 N–H and O–H groups in total. The van der Waals surface area contributed by atoms with Gasteiger partial charge >= 0.3 is 5.97 Å². The predicted octanol–water partition coefficient (Wildman–Crippen LogP) is 0.743. The molecule has 1 unspecified atom stereocenters. The van der Waals surface area contributed by atoms with Gasteiger partial charge in [0.15, 0.2) is 0 Å². The van der Waals surface area contributed by atoms with Crippen LogP contribution in [0.25, 0.3) is 0 Å². The van der Waals surface area contributed by atoms with Crippen molar-refractivity contribution in [2.24, 2.45) is 0 Å². The summed E-state index contributed by atoms with van der Waals surface area (Å²) in [6.07, 6.45) is 1.21.